The van der Waals surface area contributed by atoms with Gasteiger partial charge >= 0.3 is 0 Å². The van der Waals surface area contributed by atoms with Crippen LogP contribution < -0.4 is 4.90 Å². The molecule has 8 heteroatoms. The van der Waals surface area contributed by atoms with Crippen molar-refractivity contribution in [2.45, 2.75) is 19.4 Å². The molecule has 6 nitrogen and oxygen atoms in total. The Hall–Kier alpha value is -2.29. The number of carbonyl (C=O) groups excluding carboxylic acids is 1. The Balaban J connectivity index is 1.10. The van der Waals surface area contributed by atoms with Crippen LogP contribution in [0.3, 0.4) is 0 Å². The minimum atomic E-state index is 0.123. The van der Waals surface area contributed by atoms with Crippen molar-refractivity contribution in [1.82, 2.24) is 20.0 Å². The maximum atomic E-state index is 13.1. The lowest BCUT2D eigenvalue weighted by Gasteiger charge is -2.38. The molecule has 1 amide bonds. The number of halogens is 1. The van der Waals surface area contributed by atoms with Crippen LogP contribution in [-0.4, -0.2) is 65.2 Å². The summed E-state index contributed by atoms with van der Waals surface area (Å²) in [5.74, 6) is 1.35. The predicted octanol–water partition coefficient (Wildman–Crippen LogP) is 4.53. The molecule has 0 radical (unpaired) electrons. The van der Waals surface area contributed by atoms with E-state index in [1.165, 1.54) is 5.56 Å². The molecule has 0 saturated carbocycles. The number of anilines is 1. The largest absolute Gasteiger partial charge is 0.355 e. The van der Waals surface area contributed by atoms with Gasteiger partial charge in [-0.2, -0.15) is 0 Å². The first kappa shape index (κ1) is 22.5. The summed E-state index contributed by atoms with van der Waals surface area (Å²) in [6.07, 6.45) is 1.76. The SMILES string of the molecule is O=C(C1CCN(c2ccc(-c3ccc(Br)s3)nn2)CC1)N1CCN(Cc2ccccc2)CC1. The third-order valence-corrected chi connectivity index (χ3v) is 8.22. The second-order valence-corrected chi connectivity index (χ2v) is 11.2. The van der Waals surface area contributed by atoms with Gasteiger partial charge in [-0.3, -0.25) is 9.69 Å². The zero-order valence-electron chi connectivity index (χ0n) is 18.6. The Morgan fingerprint density at radius 1 is 0.909 bits per heavy atom. The Bertz CT molecular complexity index is 1060. The Morgan fingerprint density at radius 3 is 2.30 bits per heavy atom. The summed E-state index contributed by atoms with van der Waals surface area (Å²) < 4.78 is 1.09. The molecule has 2 fully saturated rings. The molecule has 0 aliphatic carbocycles. The number of hydrogen-bond donors (Lipinski definition) is 0. The van der Waals surface area contributed by atoms with Crippen LogP contribution >= 0.6 is 27.3 Å². The van der Waals surface area contributed by atoms with Gasteiger partial charge in [0.05, 0.1) is 8.66 Å². The number of aromatic nitrogens is 2. The first-order valence-corrected chi connectivity index (χ1v) is 13.2. The fourth-order valence-electron chi connectivity index (χ4n) is 4.66. The highest BCUT2D eigenvalue weighted by molar-refractivity contribution is 9.11. The molecule has 172 valence electrons. The number of benzene rings is 1. The second kappa shape index (κ2) is 10.3. The highest BCUT2D eigenvalue weighted by Crippen LogP contribution is 2.31. The molecule has 0 atom stereocenters. The van der Waals surface area contributed by atoms with Gasteiger partial charge < -0.3 is 9.80 Å². The normalized spacial score (nSPS) is 18.0. The summed E-state index contributed by atoms with van der Waals surface area (Å²) in [5.41, 5.74) is 2.23. The summed E-state index contributed by atoms with van der Waals surface area (Å²) in [4.78, 5) is 21.0. The lowest BCUT2D eigenvalue weighted by molar-refractivity contribution is -0.138. The van der Waals surface area contributed by atoms with E-state index in [9.17, 15) is 4.79 Å². The van der Waals surface area contributed by atoms with Crippen molar-refractivity contribution >= 4 is 39.0 Å². The third kappa shape index (κ3) is 5.45. The second-order valence-electron chi connectivity index (χ2n) is 8.73. The molecular formula is C25H28BrN5OS. The first-order valence-electron chi connectivity index (χ1n) is 11.6. The fourth-order valence-corrected chi connectivity index (χ4v) is 6.01. The molecule has 3 aromatic rings. The molecule has 4 heterocycles. The van der Waals surface area contributed by atoms with E-state index in [4.69, 9.17) is 0 Å². The van der Waals surface area contributed by atoms with Gasteiger partial charge in [-0.1, -0.05) is 30.3 Å². The number of nitrogens with zero attached hydrogens (tertiary/aromatic N) is 5. The zero-order valence-corrected chi connectivity index (χ0v) is 21.0. The maximum absolute atomic E-state index is 13.1. The van der Waals surface area contributed by atoms with Crippen molar-refractivity contribution in [2.75, 3.05) is 44.2 Å². The van der Waals surface area contributed by atoms with E-state index in [-0.39, 0.29) is 5.92 Å². The molecule has 1 aromatic carbocycles. The van der Waals surface area contributed by atoms with Crippen LogP contribution in [-0.2, 0) is 11.3 Å². The lowest BCUT2D eigenvalue weighted by atomic mass is 9.95. The van der Waals surface area contributed by atoms with Crippen LogP contribution in [0.5, 0.6) is 0 Å². The molecule has 2 saturated heterocycles. The van der Waals surface area contributed by atoms with Crippen molar-refractivity contribution in [3.63, 3.8) is 0 Å². The van der Waals surface area contributed by atoms with Gasteiger partial charge in [0.15, 0.2) is 5.82 Å². The van der Waals surface area contributed by atoms with Crippen molar-refractivity contribution in [3.05, 3.63) is 63.9 Å². The third-order valence-electron chi connectivity index (χ3n) is 6.58. The minimum absolute atomic E-state index is 0.123. The standard InChI is InChI=1S/C25H28BrN5OS/c26-23-8-7-22(33-23)21-6-9-24(28-27-21)30-12-10-20(11-13-30)25(32)31-16-14-29(15-17-31)18-19-4-2-1-3-5-19/h1-9,20H,10-18H2. The molecule has 2 aromatic heterocycles. The van der Waals surface area contributed by atoms with Crippen molar-refractivity contribution in [3.8, 4) is 10.6 Å². The van der Waals surface area contributed by atoms with Crippen LogP contribution in [0.1, 0.15) is 18.4 Å². The quantitative estimate of drug-likeness (QED) is 0.489. The Kier molecular flexibility index (Phi) is 7.04. The van der Waals surface area contributed by atoms with Crippen molar-refractivity contribution in [1.29, 1.82) is 0 Å². The molecule has 0 spiro atoms. The van der Waals surface area contributed by atoms with Crippen molar-refractivity contribution in [2.24, 2.45) is 5.92 Å². The molecule has 0 N–H and O–H groups in total. The van der Waals surface area contributed by atoms with E-state index in [1.807, 2.05) is 18.2 Å². The topological polar surface area (TPSA) is 52.6 Å². The molecule has 5 rings (SSSR count). The van der Waals surface area contributed by atoms with Crippen molar-refractivity contribution < 1.29 is 4.79 Å². The molecule has 2 aliphatic heterocycles. The fraction of sp³-hybridized carbons (Fsp3) is 0.400. The van der Waals surface area contributed by atoms with E-state index in [0.717, 1.165) is 78.8 Å². The predicted molar refractivity (Wildman–Crippen MR) is 136 cm³/mol. The maximum Gasteiger partial charge on any atom is 0.225 e. The first-order chi connectivity index (χ1) is 16.2. The van der Waals surface area contributed by atoms with Crippen LogP contribution in [0.25, 0.3) is 10.6 Å². The highest BCUT2D eigenvalue weighted by atomic mass is 79.9. The lowest BCUT2D eigenvalue weighted by Crippen LogP contribution is -2.51. The number of thiophene rings is 1. The van der Waals surface area contributed by atoms with Crippen LogP contribution in [0.2, 0.25) is 0 Å². The minimum Gasteiger partial charge on any atom is -0.355 e. The number of amides is 1. The van der Waals surface area contributed by atoms with Gasteiger partial charge in [-0.25, -0.2) is 0 Å². The van der Waals surface area contributed by atoms with Crippen LogP contribution in [0.15, 0.2) is 58.4 Å². The smallest absolute Gasteiger partial charge is 0.225 e. The van der Waals surface area contributed by atoms with Gasteiger partial charge in [-0.15, -0.1) is 21.5 Å². The monoisotopic (exact) mass is 525 g/mol. The average molecular weight is 527 g/mol. The van der Waals surface area contributed by atoms with Gasteiger partial charge in [0.2, 0.25) is 5.91 Å². The summed E-state index contributed by atoms with van der Waals surface area (Å²) >= 11 is 5.15. The average Bonchev–Trinajstić information content (AvgIpc) is 3.31. The summed E-state index contributed by atoms with van der Waals surface area (Å²) in [6.45, 7) is 6.22. The zero-order chi connectivity index (χ0) is 22.6. The van der Waals surface area contributed by atoms with E-state index in [1.54, 1.807) is 11.3 Å². The van der Waals surface area contributed by atoms with Gasteiger partial charge in [0, 0.05) is 51.7 Å². The van der Waals surface area contributed by atoms with E-state index in [0.29, 0.717) is 5.91 Å². The van der Waals surface area contributed by atoms with E-state index in [2.05, 4.69) is 77.2 Å². The number of carbonyl (C=O) groups is 1. The molecule has 33 heavy (non-hydrogen) atoms. The summed E-state index contributed by atoms with van der Waals surface area (Å²) in [5, 5.41) is 8.88. The number of piperazine rings is 1. The Labute approximate surface area is 207 Å². The molecule has 0 bridgehead atoms. The molecule has 2 aliphatic rings. The molecule has 0 unspecified atom stereocenters. The number of hydrogen-bond acceptors (Lipinski definition) is 6. The van der Waals surface area contributed by atoms with Gasteiger partial charge in [0.25, 0.3) is 0 Å². The summed E-state index contributed by atoms with van der Waals surface area (Å²) in [6, 6.07) is 18.7. The van der Waals surface area contributed by atoms with Gasteiger partial charge in [0.1, 0.15) is 5.69 Å². The van der Waals surface area contributed by atoms with Crippen LogP contribution in [0, 0.1) is 5.92 Å². The Morgan fingerprint density at radius 2 is 1.67 bits per heavy atom. The summed E-state index contributed by atoms with van der Waals surface area (Å²) in [7, 11) is 0. The van der Waals surface area contributed by atoms with Gasteiger partial charge in [-0.05, 0) is 58.6 Å². The number of rotatable bonds is 5. The number of piperidine rings is 1. The highest BCUT2D eigenvalue weighted by Gasteiger charge is 2.30. The molecular weight excluding hydrogens is 498 g/mol. The van der Waals surface area contributed by atoms with Crippen LogP contribution in [0.4, 0.5) is 5.82 Å². The van der Waals surface area contributed by atoms with E-state index >= 15 is 0 Å². The van der Waals surface area contributed by atoms with E-state index < -0.39 is 0 Å².